The van der Waals surface area contributed by atoms with Crippen LogP contribution in [-0.4, -0.2) is 31.9 Å². The zero-order valence-corrected chi connectivity index (χ0v) is 11.7. The summed E-state index contributed by atoms with van der Waals surface area (Å²) in [5.74, 6) is 0.600. The van der Waals surface area contributed by atoms with Gasteiger partial charge in [-0.05, 0) is 24.7 Å². The third-order valence-corrected chi connectivity index (χ3v) is 4.98. The first kappa shape index (κ1) is 14.9. The molecule has 0 radical (unpaired) electrons. The summed E-state index contributed by atoms with van der Waals surface area (Å²) in [5.41, 5.74) is 0. The van der Waals surface area contributed by atoms with Crippen LogP contribution in [0, 0.1) is 11.8 Å². The molecule has 0 bridgehead atoms. The lowest BCUT2D eigenvalue weighted by atomic mass is 9.91. The van der Waals surface area contributed by atoms with Gasteiger partial charge in [-0.2, -0.15) is 0 Å². The van der Waals surface area contributed by atoms with Crippen LogP contribution in [0.3, 0.4) is 0 Å². The molecule has 17 heavy (non-hydrogen) atoms. The maximum absolute atomic E-state index is 11.8. The second kappa shape index (κ2) is 6.71. The number of aliphatic hydroxyl groups excluding tert-OH is 1. The summed E-state index contributed by atoms with van der Waals surface area (Å²) in [7, 11) is -3.22. The molecule has 0 aliphatic heterocycles. The largest absolute Gasteiger partial charge is 0.391 e. The molecule has 1 fully saturated rings. The molecule has 1 atom stereocenters. The number of aliphatic hydroxyl groups is 1. The van der Waals surface area contributed by atoms with Crippen LogP contribution >= 0.6 is 0 Å². The first-order valence-corrected chi connectivity index (χ1v) is 8.21. The Morgan fingerprint density at radius 1 is 1.24 bits per heavy atom. The monoisotopic (exact) mass is 263 g/mol. The Hall–Kier alpha value is -0.130. The summed E-state index contributed by atoms with van der Waals surface area (Å²) in [5, 5.41) is 9.57. The first-order chi connectivity index (χ1) is 7.91. The van der Waals surface area contributed by atoms with Gasteiger partial charge >= 0.3 is 0 Å². The van der Waals surface area contributed by atoms with Crippen LogP contribution in [0.1, 0.15) is 46.0 Å². The Balaban J connectivity index is 2.34. The summed E-state index contributed by atoms with van der Waals surface area (Å²) >= 11 is 0. The normalized spacial score (nSPS) is 20.7. The van der Waals surface area contributed by atoms with Gasteiger partial charge in [0.2, 0.25) is 10.0 Å². The lowest BCUT2D eigenvalue weighted by Gasteiger charge is -2.22. The topological polar surface area (TPSA) is 66.4 Å². The zero-order chi connectivity index (χ0) is 12.9. The van der Waals surface area contributed by atoms with Crippen LogP contribution < -0.4 is 4.72 Å². The van der Waals surface area contributed by atoms with E-state index in [2.05, 4.69) is 4.72 Å². The smallest absolute Gasteiger partial charge is 0.211 e. The Morgan fingerprint density at radius 2 is 1.82 bits per heavy atom. The molecule has 0 aromatic carbocycles. The molecule has 0 spiro atoms. The highest BCUT2D eigenvalue weighted by molar-refractivity contribution is 7.89. The van der Waals surface area contributed by atoms with Gasteiger partial charge in [0, 0.05) is 6.54 Å². The van der Waals surface area contributed by atoms with Gasteiger partial charge < -0.3 is 5.11 Å². The van der Waals surface area contributed by atoms with Crippen molar-refractivity contribution in [1.82, 2.24) is 4.72 Å². The molecule has 5 heteroatoms. The number of hydrogen-bond acceptors (Lipinski definition) is 3. The molecule has 2 N–H and O–H groups in total. The predicted octanol–water partition coefficient (Wildman–Crippen LogP) is 1.50. The Bertz CT molecular complexity index is 308. The molecule has 102 valence electrons. The molecule has 1 saturated carbocycles. The molecule has 0 heterocycles. The lowest BCUT2D eigenvalue weighted by molar-refractivity contribution is 0.129. The van der Waals surface area contributed by atoms with Gasteiger partial charge in [0.15, 0.2) is 0 Å². The maximum Gasteiger partial charge on any atom is 0.211 e. The SMILES string of the molecule is CC(C)C(O)CNS(=O)(=O)CC1CCCCC1. The second-order valence-electron chi connectivity index (χ2n) is 5.45. The van der Waals surface area contributed by atoms with Crippen molar-refractivity contribution in [2.45, 2.75) is 52.1 Å². The number of nitrogens with one attached hydrogen (secondary N) is 1. The van der Waals surface area contributed by atoms with Crippen molar-refractivity contribution in [3.8, 4) is 0 Å². The first-order valence-electron chi connectivity index (χ1n) is 6.56. The minimum atomic E-state index is -3.22. The predicted molar refractivity (Wildman–Crippen MR) is 69.2 cm³/mol. The van der Waals surface area contributed by atoms with Crippen molar-refractivity contribution in [2.24, 2.45) is 11.8 Å². The average Bonchev–Trinajstić information content (AvgIpc) is 2.26. The third-order valence-electron chi connectivity index (χ3n) is 3.46. The third kappa shape index (κ3) is 5.84. The number of rotatable bonds is 6. The van der Waals surface area contributed by atoms with E-state index in [4.69, 9.17) is 0 Å². The molecule has 0 saturated heterocycles. The Kier molecular flexibility index (Phi) is 5.89. The molecular formula is C12H25NO3S. The average molecular weight is 263 g/mol. The van der Waals surface area contributed by atoms with Gasteiger partial charge in [0.25, 0.3) is 0 Å². The van der Waals surface area contributed by atoms with Crippen LogP contribution in [0.4, 0.5) is 0 Å². The van der Waals surface area contributed by atoms with Crippen molar-refractivity contribution < 1.29 is 13.5 Å². The number of sulfonamides is 1. The van der Waals surface area contributed by atoms with Gasteiger partial charge in [-0.1, -0.05) is 33.1 Å². The highest BCUT2D eigenvalue weighted by atomic mass is 32.2. The van der Waals surface area contributed by atoms with E-state index in [0.29, 0.717) is 5.92 Å². The molecule has 0 aromatic heterocycles. The van der Waals surface area contributed by atoms with E-state index in [0.717, 1.165) is 25.7 Å². The van der Waals surface area contributed by atoms with E-state index in [-0.39, 0.29) is 18.2 Å². The van der Waals surface area contributed by atoms with Gasteiger partial charge in [-0.3, -0.25) is 0 Å². The standard InChI is InChI=1S/C12H25NO3S/c1-10(2)12(14)8-13-17(15,16)9-11-6-4-3-5-7-11/h10-14H,3-9H2,1-2H3. The van der Waals surface area contributed by atoms with E-state index < -0.39 is 16.1 Å². The highest BCUT2D eigenvalue weighted by Crippen LogP contribution is 2.24. The molecule has 0 aromatic rings. The van der Waals surface area contributed by atoms with E-state index in [1.54, 1.807) is 0 Å². The van der Waals surface area contributed by atoms with Crippen LogP contribution in [-0.2, 0) is 10.0 Å². The van der Waals surface area contributed by atoms with Crippen molar-refractivity contribution >= 4 is 10.0 Å². The molecular weight excluding hydrogens is 238 g/mol. The van der Waals surface area contributed by atoms with Crippen LogP contribution in [0.5, 0.6) is 0 Å². The summed E-state index contributed by atoms with van der Waals surface area (Å²) in [6, 6.07) is 0. The van der Waals surface area contributed by atoms with Crippen molar-refractivity contribution in [3.05, 3.63) is 0 Å². The Labute approximate surface area is 105 Å². The van der Waals surface area contributed by atoms with Crippen molar-refractivity contribution in [3.63, 3.8) is 0 Å². The molecule has 1 rings (SSSR count). The van der Waals surface area contributed by atoms with Crippen LogP contribution in [0.15, 0.2) is 0 Å². The van der Waals surface area contributed by atoms with Gasteiger partial charge in [0.1, 0.15) is 0 Å². The van der Waals surface area contributed by atoms with Crippen LogP contribution in [0.2, 0.25) is 0 Å². The fourth-order valence-corrected chi connectivity index (χ4v) is 3.67. The summed E-state index contributed by atoms with van der Waals surface area (Å²) in [4.78, 5) is 0. The quantitative estimate of drug-likeness (QED) is 0.763. The van der Waals surface area contributed by atoms with Gasteiger partial charge in [0.05, 0.1) is 11.9 Å². The molecule has 1 aliphatic rings. The minimum Gasteiger partial charge on any atom is -0.391 e. The lowest BCUT2D eigenvalue weighted by Crippen LogP contribution is -2.37. The Morgan fingerprint density at radius 3 is 2.35 bits per heavy atom. The van der Waals surface area contributed by atoms with E-state index in [1.807, 2.05) is 13.8 Å². The van der Waals surface area contributed by atoms with Gasteiger partial charge in [-0.25, -0.2) is 13.1 Å². The minimum absolute atomic E-state index is 0.0763. The fourth-order valence-electron chi connectivity index (χ4n) is 2.17. The number of hydrogen-bond donors (Lipinski definition) is 2. The second-order valence-corrected chi connectivity index (χ2v) is 7.30. The van der Waals surface area contributed by atoms with E-state index in [1.165, 1.54) is 6.42 Å². The van der Waals surface area contributed by atoms with Crippen molar-refractivity contribution in [1.29, 1.82) is 0 Å². The molecule has 1 aliphatic carbocycles. The summed E-state index contributed by atoms with van der Waals surface area (Å²) in [6.07, 6.45) is 4.97. The molecule has 4 nitrogen and oxygen atoms in total. The van der Waals surface area contributed by atoms with E-state index >= 15 is 0 Å². The summed E-state index contributed by atoms with van der Waals surface area (Å²) in [6.45, 7) is 3.88. The zero-order valence-electron chi connectivity index (χ0n) is 10.9. The molecule has 0 amide bonds. The maximum atomic E-state index is 11.8. The van der Waals surface area contributed by atoms with Crippen LogP contribution in [0.25, 0.3) is 0 Å². The summed E-state index contributed by atoms with van der Waals surface area (Å²) < 4.78 is 26.1. The highest BCUT2D eigenvalue weighted by Gasteiger charge is 2.22. The van der Waals surface area contributed by atoms with Gasteiger partial charge in [-0.15, -0.1) is 0 Å². The fraction of sp³-hybridized carbons (Fsp3) is 1.00. The van der Waals surface area contributed by atoms with Crippen molar-refractivity contribution in [2.75, 3.05) is 12.3 Å². The molecule has 1 unspecified atom stereocenters. The van der Waals surface area contributed by atoms with E-state index in [9.17, 15) is 13.5 Å².